The van der Waals surface area contributed by atoms with Crippen LogP contribution in [0.5, 0.6) is 5.75 Å². The SMILES string of the molecule is CN1C[C@@H](C(=O)NCC2=CCCCC2)Oc2ccccc21. The Balaban J connectivity index is 1.60. The smallest absolute Gasteiger partial charge is 0.263 e. The summed E-state index contributed by atoms with van der Waals surface area (Å²) in [6.07, 6.45) is 6.57. The highest BCUT2D eigenvalue weighted by Gasteiger charge is 2.28. The topological polar surface area (TPSA) is 41.6 Å². The van der Waals surface area contributed by atoms with Crippen LogP contribution in [0.3, 0.4) is 0 Å². The molecule has 0 bridgehead atoms. The molecule has 0 saturated carbocycles. The zero-order chi connectivity index (χ0) is 14.7. The largest absolute Gasteiger partial charge is 0.477 e. The Bertz CT molecular complexity index is 553. The second kappa shape index (κ2) is 6.20. The quantitative estimate of drug-likeness (QED) is 0.868. The van der Waals surface area contributed by atoms with E-state index >= 15 is 0 Å². The van der Waals surface area contributed by atoms with E-state index in [1.165, 1.54) is 18.4 Å². The van der Waals surface area contributed by atoms with Gasteiger partial charge in [0.15, 0.2) is 6.10 Å². The van der Waals surface area contributed by atoms with E-state index in [1.807, 2.05) is 31.3 Å². The van der Waals surface area contributed by atoms with Crippen LogP contribution in [0.25, 0.3) is 0 Å². The molecule has 1 amide bonds. The fraction of sp³-hybridized carbons (Fsp3) is 0.471. The molecule has 0 radical (unpaired) electrons. The van der Waals surface area contributed by atoms with E-state index in [9.17, 15) is 4.79 Å². The Morgan fingerprint density at radius 3 is 3.05 bits per heavy atom. The van der Waals surface area contributed by atoms with Crippen molar-refractivity contribution in [1.82, 2.24) is 5.32 Å². The lowest BCUT2D eigenvalue weighted by molar-refractivity contribution is -0.127. The average molecular weight is 286 g/mol. The minimum atomic E-state index is -0.436. The zero-order valence-corrected chi connectivity index (χ0v) is 12.5. The molecule has 0 fully saturated rings. The van der Waals surface area contributed by atoms with Crippen molar-refractivity contribution < 1.29 is 9.53 Å². The molecule has 0 saturated heterocycles. The lowest BCUT2D eigenvalue weighted by atomic mass is 10.00. The van der Waals surface area contributed by atoms with Gasteiger partial charge >= 0.3 is 0 Å². The van der Waals surface area contributed by atoms with Crippen molar-refractivity contribution >= 4 is 11.6 Å². The van der Waals surface area contributed by atoms with E-state index in [1.54, 1.807) is 0 Å². The molecule has 1 aromatic carbocycles. The molecule has 3 rings (SSSR count). The van der Waals surface area contributed by atoms with Crippen molar-refractivity contribution in [2.45, 2.75) is 31.8 Å². The molecule has 4 heteroatoms. The number of nitrogens with one attached hydrogen (secondary N) is 1. The van der Waals surface area contributed by atoms with Gasteiger partial charge in [-0.05, 0) is 37.8 Å². The number of benzene rings is 1. The molecule has 0 unspecified atom stereocenters. The van der Waals surface area contributed by atoms with E-state index < -0.39 is 6.10 Å². The van der Waals surface area contributed by atoms with Crippen LogP contribution in [-0.2, 0) is 4.79 Å². The number of hydrogen-bond donors (Lipinski definition) is 1. The molecule has 0 spiro atoms. The molecule has 21 heavy (non-hydrogen) atoms. The fourth-order valence-electron chi connectivity index (χ4n) is 2.93. The maximum absolute atomic E-state index is 12.3. The predicted octanol–water partition coefficient (Wildman–Crippen LogP) is 2.50. The van der Waals surface area contributed by atoms with E-state index in [4.69, 9.17) is 4.74 Å². The highest BCUT2D eigenvalue weighted by Crippen LogP contribution is 2.31. The van der Waals surface area contributed by atoms with Gasteiger partial charge in [-0.1, -0.05) is 23.8 Å². The first kappa shape index (κ1) is 14.0. The number of allylic oxidation sites excluding steroid dienone is 1. The minimum Gasteiger partial charge on any atom is -0.477 e. The summed E-state index contributed by atoms with van der Waals surface area (Å²) in [5.74, 6) is 0.756. The third-order valence-electron chi connectivity index (χ3n) is 4.15. The summed E-state index contributed by atoms with van der Waals surface area (Å²) in [5, 5.41) is 3.01. The van der Waals surface area contributed by atoms with Crippen molar-refractivity contribution in [1.29, 1.82) is 0 Å². The molecule has 1 atom stereocenters. The number of ether oxygens (including phenoxy) is 1. The number of carbonyl (C=O) groups excluding carboxylic acids is 1. The summed E-state index contributed by atoms with van der Waals surface area (Å²) in [6.45, 7) is 1.24. The van der Waals surface area contributed by atoms with Crippen molar-refractivity contribution in [3.05, 3.63) is 35.9 Å². The summed E-state index contributed by atoms with van der Waals surface area (Å²) in [7, 11) is 1.99. The second-order valence-electron chi connectivity index (χ2n) is 5.78. The maximum Gasteiger partial charge on any atom is 0.263 e. The molecule has 1 aliphatic heterocycles. The Morgan fingerprint density at radius 2 is 2.24 bits per heavy atom. The lowest BCUT2D eigenvalue weighted by Gasteiger charge is -2.33. The monoisotopic (exact) mass is 286 g/mol. The summed E-state index contributed by atoms with van der Waals surface area (Å²) in [4.78, 5) is 14.4. The number of hydrogen-bond acceptors (Lipinski definition) is 3. The van der Waals surface area contributed by atoms with E-state index in [0.29, 0.717) is 13.1 Å². The lowest BCUT2D eigenvalue weighted by Crippen LogP contribution is -2.48. The van der Waals surface area contributed by atoms with Gasteiger partial charge in [0, 0.05) is 13.6 Å². The number of nitrogens with zero attached hydrogens (tertiary/aromatic N) is 1. The van der Waals surface area contributed by atoms with Crippen molar-refractivity contribution in [3.63, 3.8) is 0 Å². The van der Waals surface area contributed by atoms with Gasteiger partial charge in [-0.25, -0.2) is 0 Å². The highest BCUT2D eigenvalue weighted by atomic mass is 16.5. The molecule has 1 aromatic rings. The van der Waals surface area contributed by atoms with Crippen LogP contribution in [-0.4, -0.2) is 32.1 Å². The first-order valence-corrected chi connectivity index (χ1v) is 7.66. The van der Waals surface area contributed by atoms with Gasteiger partial charge in [-0.2, -0.15) is 0 Å². The van der Waals surface area contributed by atoms with Crippen LogP contribution in [0.4, 0.5) is 5.69 Å². The van der Waals surface area contributed by atoms with Gasteiger partial charge in [0.2, 0.25) is 0 Å². The third-order valence-corrected chi connectivity index (χ3v) is 4.15. The van der Waals surface area contributed by atoms with Crippen LogP contribution < -0.4 is 15.0 Å². The predicted molar refractivity (Wildman–Crippen MR) is 83.7 cm³/mol. The maximum atomic E-state index is 12.3. The molecule has 112 valence electrons. The number of anilines is 1. The third kappa shape index (κ3) is 3.20. The molecule has 1 aliphatic carbocycles. The summed E-state index contributed by atoms with van der Waals surface area (Å²) < 4.78 is 5.83. The average Bonchev–Trinajstić information content (AvgIpc) is 2.53. The summed E-state index contributed by atoms with van der Waals surface area (Å²) in [6, 6.07) is 7.83. The van der Waals surface area contributed by atoms with Crippen LogP contribution in [0.1, 0.15) is 25.7 Å². The number of rotatable bonds is 3. The Hall–Kier alpha value is -1.97. The Kier molecular flexibility index (Phi) is 4.13. The van der Waals surface area contributed by atoms with Crippen LogP contribution in [0, 0.1) is 0 Å². The van der Waals surface area contributed by atoms with Crippen LogP contribution in [0.2, 0.25) is 0 Å². The molecular formula is C17H22N2O2. The van der Waals surface area contributed by atoms with Gasteiger partial charge in [-0.15, -0.1) is 0 Å². The fourth-order valence-corrected chi connectivity index (χ4v) is 2.93. The second-order valence-corrected chi connectivity index (χ2v) is 5.78. The normalized spacial score (nSPS) is 21.1. The zero-order valence-electron chi connectivity index (χ0n) is 12.5. The van der Waals surface area contributed by atoms with Crippen molar-refractivity contribution in [3.8, 4) is 5.75 Å². The van der Waals surface area contributed by atoms with Crippen LogP contribution >= 0.6 is 0 Å². The highest BCUT2D eigenvalue weighted by molar-refractivity contribution is 5.83. The molecule has 4 nitrogen and oxygen atoms in total. The number of carbonyl (C=O) groups is 1. The first-order valence-electron chi connectivity index (χ1n) is 7.66. The van der Waals surface area contributed by atoms with E-state index in [2.05, 4.69) is 16.3 Å². The first-order chi connectivity index (χ1) is 10.2. The summed E-state index contributed by atoms with van der Waals surface area (Å²) >= 11 is 0. The van der Waals surface area contributed by atoms with Gasteiger partial charge in [0.1, 0.15) is 5.75 Å². The standard InChI is InChI=1S/C17H22N2O2/c1-19-12-16(21-15-10-6-5-9-14(15)19)17(20)18-11-13-7-3-2-4-8-13/h5-7,9-10,16H,2-4,8,11-12H2,1H3,(H,18,20)/t16-/m0/s1. The molecule has 1 heterocycles. The molecule has 0 aromatic heterocycles. The molecule has 2 aliphatic rings. The number of para-hydroxylation sites is 2. The van der Waals surface area contributed by atoms with Crippen LogP contribution in [0.15, 0.2) is 35.9 Å². The number of amides is 1. The van der Waals surface area contributed by atoms with Crippen molar-refractivity contribution in [2.75, 3.05) is 25.0 Å². The van der Waals surface area contributed by atoms with Gasteiger partial charge in [0.25, 0.3) is 5.91 Å². The summed E-state index contributed by atoms with van der Waals surface area (Å²) in [5.41, 5.74) is 2.38. The van der Waals surface area contributed by atoms with Gasteiger partial charge in [-0.3, -0.25) is 4.79 Å². The number of likely N-dealkylation sites (N-methyl/N-ethyl adjacent to an activating group) is 1. The Morgan fingerprint density at radius 1 is 1.38 bits per heavy atom. The number of fused-ring (bicyclic) bond motifs is 1. The van der Waals surface area contributed by atoms with E-state index in [-0.39, 0.29) is 5.91 Å². The van der Waals surface area contributed by atoms with E-state index in [0.717, 1.165) is 24.3 Å². The minimum absolute atomic E-state index is 0.0252. The van der Waals surface area contributed by atoms with Gasteiger partial charge in [0.05, 0.1) is 12.2 Å². The Labute approximate surface area is 125 Å². The van der Waals surface area contributed by atoms with Crippen molar-refractivity contribution in [2.24, 2.45) is 0 Å². The molecule has 1 N–H and O–H groups in total. The molecular weight excluding hydrogens is 264 g/mol. The van der Waals surface area contributed by atoms with Gasteiger partial charge < -0.3 is 15.0 Å².